The summed E-state index contributed by atoms with van der Waals surface area (Å²) in [5.74, 6) is -0.812. The molecule has 0 saturated carbocycles. The molecule has 2 N–H and O–H groups in total. The number of carbonyl (C=O) groups excluding carboxylic acids is 1. The number of phenols is 1. The first kappa shape index (κ1) is 13.4. The van der Waals surface area contributed by atoms with Gasteiger partial charge in [-0.1, -0.05) is 0 Å². The lowest BCUT2D eigenvalue weighted by Gasteiger charge is -2.15. The molecule has 0 aromatic heterocycles. The molecule has 5 heteroatoms. The third kappa shape index (κ3) is 4.03. The fraction of sp³-hybridized carbons (Fsp3) is 0.417. The van der Waals surface area contributed by atoms with Crippen molar-refractivity contribution in [2.75, 3.05) is 13.2 Å². The molecule has 1 aromatic carbocycles. The molecule has 0 amide bonds. The Balaban J connectivity index is 2.60. The summed E-state index contributed by atoms with van der Waals surface area (Å²) in [4.78, 5) is 11.1. The van der Waals surface area contributed by atoms with Gasteiger partial charge in [0.15, 0.2) is 0 Å². The number of esters is 1. The van der Waals surface area contributed by atoms with E-state index < -0.39 is 5.82 Å². The van der Waals surface area contributed by atoms with Crippen molar-refractivity contribution in [2.45, 2.75) is 19.9 Å². The first-order valence-electron chi connectivity index (χ1n) is 5.42. The molecular formula is C12H16FNO3. The molecule has 0 saturated heterocycles. The molecule has 0 fully saturated rings. The molecule has 1 aromatic rings. The second kappa shape index (κ2) is 6.20. The minimum Gasteiger partial charge on any atom is -0.508 e. The number of rotatable bonds is 5. The highest BCUT2D eigenvalue weighted by molar-refractivity contribution is 5.71. The minimum atomic E-state index is -0.428. The Morgan fingerprint density at radius 2 is 2.29 bits per heavy atom. The van der Waals surface area contributed by atoms with Crippen LogP contribution in [-0.2, 0) is 9.53 Å². The van der Waals surface area contributed by atoms with Gasteiger partial charge >= 0.3 is 5.97 Å². The number of halogens is 1. The monoisotopic (exact) mass is 241 g/mol. The zero-order valence-electron chi connectivity index (χ0n) is 9.87. The van der Waals surface area contributed by atoms with Crippen molar-refractivity contribution in [3.05, 3.63) is 29.6 Å². The number of benzene rings is 1. The van der Waals surface area contributed by atoms with Crippen LogP contribution in [0.4, 0.5) is 4.39 Å². The van der Waals surface area contributed by atoms with Crippen molar-refractivity contribution in [3.63, 3.8) is 0 Å². The molecule has 0 spiro atoms. The Labute approximate surface area is 99.4 Å². The van der Waals surface area contributed by atoms with E-state index >= 15 is 0 Å². The van der Waals surface area contributed by atoms with Gasteiger partial charge in [0.1, 0.15) is 11.6 Å². The second-order valence-electron chi connectivity index (χ2n) is 3.61. The maximum Gasteiger partial charge on any atom is 0.319 e. The molecule has 0 heterocycles. The van der Waals surface area contributed by atoms with Crippen molar-refractivity contribution < 1.29 is 19.0 Å². The number of carbonyl (C=O) groups is 1. The molecule has 4 nitrogen and oxygen atoms in total. The van der Waals surface area contributed by atoms with Gasteiger partial charge in [-0.3, -0.25) is 4.79 Å². The number of aromatic hydroxyl groups is 1. The average molecular weight is 241 g/mol. The van der Waals surface area contributed by atoms with E-state index in [9.17, 15) is 14.3 Å². The van der Waals surface area contributed by atoms with Crippen molar-refractivity contribution >= 4 is 5.97 Å². The molecule has 17 heavy (non-hydrogen) atoms. The molecule has 0 aliphatic carbocycles. The zero-order valence-corrected chi connectivity index (χ0v) is 9.87. The third-order valence-electron chi connectivity index (χ3n) is 2.31. The van der Waals surface area contributed by atoms with E-state index in [1.54, 1.807) is 13.8 Å². The Hall–Kier alpha value is -1.62. The van der Waals surface area contributed by atoms with E-state index in [1.165, 1.54) is 18.2 Å². The third-order valence-corrected chi connectivity index (χ3v) is 2.31. The largest absolute Gasteiger partial charge is 0.508 e. The summed E-state index contributed by atoms with van der Waals surface area (Å²) in [5.41, 5.74) is 0.411. The summed E-state index contributed by atoms with van der Waals surface area (Å²) in [6, 6.07) is 3.36. The lowest BCUT2D eigenvalue weighted by atomic mass is 10.1. The van der Waals surface area contributed by atoms with E-state index in [-0.39, 0.29) is 24.3 Å². The summed E-state index contributed by atoms with van der Waals surface area (Å²) in [6.07, 6.45) is 0. The average Bonchev–Trinajstić information content (AvgIpc) is 2.29. The highest BCUT2D eigenvalue weighted by Gasteiger charge is 2.12. The highest BCUT2D eigenvalue weighted by atomic mass is 19.1. The van der Waals surface area contributed by atoms with Gasteiger partial charge in [0.05, 0.1) is 13.2 Å². The Kier molecular flexibility index (Phi) is 4.90. The summed E-state index contributed by atoms with van der Waals surface area (Å²) in [5, 5.41) is 12.4. The smallest absolute Gasteiger partial charge is 0.319 e. The molecule has 1 rings (SSSR count). The van der Waals surface area contributed by atoms with Crippen LogP contribution in [0.3, 0.4) is 0 Å². The molecule has 0 radical (unpaired) electrons. The SMILES string of the molecule is CCOC(=O)CNC(C)c1cc(F)ccc1O. The normalized spacial score (nSPS) is 12.2. The fourth-order valence-electron chi connectivity index (χ4n) is 1.43. The maximum atomic E-state index is 13.0. The van der Waals surface area contributed by atoms with Gasteiger partial charge in [-0.05, 0) is 32.0 Å². The highest BCUT2D eigenvalue weighted by Crippen LogP contribution is 2.24. The fourth-order valence-corrected chi connectivity index (χ4v) is 1.43. The molecule has 94 valence electrons. The van der Waals surface area contributed by atoms with Gasteiger partial charge in [0, 0.05) is 11.6 Å². The van der Waals surface area contributed by atoms with Crippen LogP contribution in [-0.4, -0.2) is 24.2 Å². The molecule has 0 bridgehead atoms. The van der Waals surface area contributed by atoms with Crippen LogP contribution in [0.2, 0.25) is 0 Å². The standard InChI is InChI=1S/C12H16FNO3/c1-3-17-12(16)7-14-8(2)10-6-9(13)4-5-11(10)15/h4-6,8,14-15H,3,7H2,1-2H3. The quantitative estimate of drug-likeness (QED) is 0.771. The number of hydrogen-bond donors (Lipinski definition) is 2. The molecule has 0 aliphatic heterocycles. The topological polar surface area (TPSA) is 58.6 Å². The number of phenolic OH excluding ortho intramolecular Hbond substituents is 1. The summed E-state index contributed by atoms with van der Waals surface area (Å²) < 4.78 is 17.7. The number of hydrogen-bond acceptors (Lipinski definition) is 4. The van der Waals surface area contributed by atoms with Crippen LogP contribution < -0.4 is 5.32 Å². The Morgan fingerprint density at radius 1 is 1.59 bits per heavy atom. The van der Waals surface area contributed by atoms with Crippen LogP contribution in [0.5, 0.6) is 5.75 Å². The Morgan fingerprint density at radius 3 is 2.94 bits per heavy atom. The first-order chi connectivity index (χ1) is 8.04. The minimum absolute atomic E-state index is 0.00439. The maximum absolute atomic E-state index is 13.0. The van der Waals surface area contributed by atoms with E-state index in [2.05, 4.69) is 5.32 Å². The first-order valence-corrected chi connectivity index (χ1v) is 5.42. The lowest BCUT2D eigenvalue weighted by Crippen LogP contribution is -2.27. The van der Waals surface area contributed by atoms with Crippen LogP contribution >= 0.6 is 0 Å². The zero-order chi connectivity index (χ0) is 12.8. The van der Waals surface area contributed by atoms with E-state index in [0.717, 1.165) is 0 Å². The molecular weight excluding hydrogens is 225 g/mol. The number of nitrogens with one attached hydrogen (secondary N) is 1. The number of ether oxygens (including phenoxy) is 1. The summed E-state index contributed by atoms with van der Waals surface area (Å²) in [6.45, 7) is 3.79. The second-order valence-corrected chi connectivity index (χ2v) is 3.61. The van der Waals surface area contributed by atoms with Gasteiger partial charge in [-0.15, -0.1) is 0 Å². The van der Waals surface area contributed by atoms with Crippen molar-refractivity contribution in [3.8, 4) is 5.75 Å². The molecule has 1 atom stereocenters. The van der Waals surface area contributed by atoms with Crippen molar-refractivity contribution in [1.29, 1.82) is 0 Å². The van der Waals surface area contributed by atoms with E-state index in [1.807, 2.05) is 0 Å². The van der Waals surface area contributed by atoms with Crippen LogP contribution in [0.15, 0.2) is 18.2 Å². The van der Waals surface area contributed by atoms with Crippen LogP contribution in [0, 0.1) is 5.82 Å². The predicted molar refractivity (Wildman–Crippen MR) is 61.1 cm³/mol. The van der Waals surface area contributed by atoms with E-state index in [4.69, 9.17) is 4.74 Å². The van der Waals surface area contributed by atoms with Gasteiger partial charge in [-0.25, -0.2) is 4.39 Å². The van der Waals surface area contributed by atoms with Crippen molar-refractivity contribution in [2.24, 2.45) is 0 Å². The summed E-state index contributed by atoms with van der Waals surface area (Å²) in [7, 11) is 0. The molecule has 1 unspecified atom stereocenters. The van der Waals surface area contributed by atoms with Crippen LogP contribution in [0.25, 0.3) is 0 Å². The Bertz CT molecular complexity index is 395. The molecule has 0 aliphatic rings. The predicted octanol–water partition coefficient (Wildman–Crippen LogP) is 1.74. The van der Waals surface area contributed by atoms with Gasteiger partial charge < -0.3 is 15.2 Å². The van der Waals surface area contributed by atoms with Gasteiger partial charge in [0.25, 0.3) is 0 Å². The summed E-state index contributed by atoms with van der Waals surface area (Å²) >= 11 is 0. The van der Waals surface area contributed by atoms with Crippen LogP contribution in [0.1, 0.15) is 25.5 Å². The van der Waals surface area contributed by atoms with Gasteiger partial charge in [-0.2, -0.15) is 0 Å². The van der Waals surface area contributed by atoms with Gasteiger partial charge in [0.2, 0.25) is 0 Å². The lowest BCUT2D eigenvalue weighted by molar-refractivity contribution is -0.142. The van der Waals surface area contributed by atoms with Crippen molar-refractivity contribution in [1.82, 2.24) is 5.32 Å². The van der Waals surface area contributed by atoms with E-state index in [0.29, 0.717) is 12.2 Å².